The van der Waals surface area contributed by atoms with E-state index in [9.17, 15) is 9.59 Å². The summed E-state index contributed by atoms with van der Waals surface area (Å²) in [5, 5.41) is 3.72. The summed E-state index contributed by atoms with van der Waals surface area (Å²) in [6.07, 6.45) is 1.72. The van der Waals surface area contributed by atoms with Gasteiger partial charge in [0.05, 0.1) is 38.1 Å². The molecule has 35 heavy (non-hydrogen) atoms. The van der Waals surface area contributed by atoms with Crippen LogP contribution < -0.4 is 14.8 Å². The fourth-order valence-corrected chi connectivity index (χ4v) is 4.39. The molecule has 184 valence electrons. The number of pyridine rings is 1. The molecule has 1 aliphatic rings. The molecule has 1 amide bonds. The number of hydrogen-bond acceptors (Lipinski definition) is 7. The number of carbonyl (C=O) groups excluding carboxylic acids is 2. The second kappa shape index (κ2) is 10.3. The van der Waals surface area contributed by atoms with Crippen LogP contribution in [0.4, 0.5) is 0 Å². The average molecular weight is 479 g/mol. The van der Waals surface area contributed by atoms with Crippen LogP contribution in [-0.4, -0.2) is 56.4 Å². The number of fused-ring (bicyclic) bond motifs is 1. The first-order chi connectivity index (χ1) is 16.9. The van der Waals surface area contributed by atoms with Crippen LogP contribution >= 0.6 is 0 Å². The van der Waals surface area contributed by atoms with E-state index in [1.165, 1.54) is 7.11 Å². The molecule has 3 aromatic rings. The Bertz CT molecular complexity index is 1210. The van der Waals surface area contributed by atoms with E-state index in [1.807, 2.05) is 48.5 Å². The zero-order valence-electron chi connectivity index (χ0n) is 20.4. The largest absolute Gasteiger partial charge is 0.496 e. The minimum absolute atomic E-state index is 0.284. The van der Waals surface area contributed by atoms with Crippen LogP contribution in [0.15, 0.2) is 48.5 Å². The lowest BCUT2D eigenvalue weighted by molar-refractivity contribution is -0.149. The third-order valence-electron chi connectivity index (χ3n) is 6.37. The number of nitrogens with one attached hydrogen (secondary N) is 1. The number of rotatable bonds is 8. The quantitative estimate of drug-likeness (QED) is 0.493. The van der Waals surface area contributed by atoms with Crippen molar-refractivity contribution in [3.63, 3.8) is 0 Å². The van der Waals surface area contributed by atoms with E-state index in [-0.39, 0.29) is 12.3 Å². The lowest BCUT2D eigenvalue weighted by Gasteiger charge is -2.25. The molecule has 1 fully saturated rings. The summed E-state index contributed by atoms with van der Waals surface area (Å²) in [7, 11) is 4.54. The number of methoxy groups -OCH3 is 3. The van der Waals surface area contributed by atoms with Crippen molar-refractivity contribution < 1.29 is 28.5 Å². The predicted octanol–water partition coefficient (Wildman–Crippen LogP) is 3.69. The Morgan fingerprint density at radius 1 is 1.09 bits per heavy atom. The Labute approximate surface area is 204 Å². The lowest BCUT2D eigenvalue weighted by Crippen LogP contribution is -2.51. The highest BCUT2D eigenvalue weighted by Crippen LogP contribution is 2.37. The molecule has 4 rings (SSSR count). The fourth-order valence-electron chi connectivity index (χ4n) is 4.39. The second-order valence-corrected chi connectivity index (χ2v) is 8.70. The van der Waals surface area contributed by atoms with Crippen LogP contribution in [0.3, 0.4) is 0 Å². The van der Waals surface area contributed by atoms with Crippen LogP contribution in [0, 0.1) is 0 Å². The van der Waals surface area contributed by atoms with Gasteiger partial charge in [-0.3, -0.25) is 4.79 Å². The van der Waals surface area contributed by atoms with Crippen molar-refractivity contribution >= 4 is 22.8 Å². The van der Waals surface area contributed by atoms with Crippen molar-refractivity contribution in [3.8, 4) is 22.8 Å². The van der Waals surface area contributed by atoms with Gasteiger partial charge in [0.2, 0.25) is 0 Å². The van der Waals surface area contributed by atoms with Gasteiger partial charge in [-0.15, -0.1) is 0 Å². The lowest BCUT2D eigenvalue weighted by atomic mass is 9.99. The SMILES string of the molecule is COC(=O)[C@@H](Cc1ccc2nc(-c3c(OC)cccc3OC)ccc2c1)NC(=O)[C@]1(C)CCCO1. The molecule has 8 nitrogen and oxygen atoms in total. The van der Waals surface area contributed by atoms with Crippen molar-refractivity contribution in [2.24, 2.45) is 0 Å². The Morgan fingerprint density at radius 3 is 2.46 bits per heavy atom. The molecule has 8 heteroatoms. The fraction of sp³-hybridized carbons (Fsp3) is 0.370. The van der Waals surface area contributed by atoms with Gasteiger partial charge in [0.1, 0.15) is 23.1 Å². The maximum atomic E-state index is 12.8. The summed E-state index contributed by atoms with van der Waals surface area (Å²) in [6, 6.07) is 14.4. The standard InChI is InChI=1S/C27H30N2O6/c1-27(13-6-14-35-27)26(31)29-21(25(30)34-4)16-17-9-11-19-18(15-17)10-12-20(28-19)24-22(32-2)7-5-8-23(24)33-3/h5,7-12,15,21H,6,13-14,16H2,1-4H3,(H,29,31)/t21-,27+/m1/s1. The van der Waals surface area contributed by atoms with E-state index in [0.717, 1.165) is 34.1 Å². The number of esters is 1. The highest BCUT2D eigenvalue weighted by Gasteiger charge is 2.39. The van der Waals surface area contributed by atoms with Gasteiger partial charge in [-0.2, -0.15) is 0 Å². The van der Waals surface area contributed by atoms with Gasteiger partial charge in [-0.05, 0) is 55.7 Å². The van der Waals surface area contributed by atoms with Gasteiger partial charge in [-0.1, -0.05) is 18.2 Å². The summed E-state index contributed by atoms with van der Waals surface area (Å²) in [4.78, 5) is 30.1. The van der Waals surface area contributed by atoms with E-state index in [2.05, 4.69) is 5.32 Å². The summed E-state index contributed by atoms with van der Waals surface area (Å²) < 4.78 is 21.6. The first-order valence-electron chi connectivity index (χ1n) is 11.5. The summed E-state index contributed by atoms with van der Waals surface area (Å²) in [5.74, 6) is 0.536. The van der Waals surface area contributed by atoms with Crippen molar-refractivity contribution in [1.82, 2.24) is 10.3 Å². The van der Waals surface area contributed by atoms with E-state index in [4.69, 9.17) is 23.9 Å². The number of ether oxygens (including phenoxy) is 4. The maximum absolute atomic E-state index is 12.8. The summed E-state index contributed by atoms with van der Waals surface area (Å²) >= 11 is 0. The van der Waals surface area contributed by atoms with Crippen molar-refractivity contribution in [2.45, 2.75) is 37.8 Å². The normalized spacial score (nSPS) is 18.2. The highest BCUT2D eigenvalue weighted by atomic mass is 16.5. The number of carbonyl (C=O) groups is 2. The van der Waals surface area contributed by atoms with Gasteiger partial charge in [0, 0.05) is 18.4 Å². The van der Waals surface area contributed by atoms with Crippen molar-refractivity contribution in [1.29, 1.82) is 0 Å². The molecule has 2 atom stereocenters. The molecule has 0 aliphatic carbocycles. The Morgan fingerprint density at radius 2 is 1.83 bits per heavy atom. The summed E-state index contributed by atoms with van der Waals surface area (Å²) in [5.41, 5.74) is 2.23. The van der Waals surface area contributed by atoms with Crippen LogP contribution in [-0.2, 0) is 25.5 Å². The zero-order valence-corrected chi connectivity index (χ0v) is 20.4. The number of benzene rings is 2. The average Bonchev–Trinajstić information content (AvgIpc) is 3.34. The third kappa shape index (κ3) is 5.07. The molecule has 1 aromatic heterocycles. The second-order valence-electron chi connectivity index (χ2n) is 8.70. The van der Waals surface area contributed by atoms with Gasteiger partial charge in [-0.25, -0.2) is 9.78 Å². The van der Waals surface area contributed by atoms with Crippen LogP contribution in [0.2, 0.25) is 0 Å². The van der Waals surface area contributed by atoms with Crippen molar-refractivity contribution in [3.05, 3.63) is 54.1 Å². The van der Waals surface area contributed by atoms with Crippen molar-refractivity contribution in [2.75, 3.05) is 27.9 Å². The molecule has 2 aromatic carbocycles. The predicted molar refractivity (Wildman–Crippen MR) is 132 cm³/mol. The molecule has 1 N–H and O–H groups in total. The van der Waals surface area contributed by atoms with Crippen LogP contribution in [0.1, 0.15) is 25.3 Å². The van der Waals surface area contributed by atoms with Gasteiger partial charge in [0.25, 0.3) is 5.91 Å². The first-order valence-corrected chi connectivity index (χ1v) is 11.5. The maximum Gasteiger partial charge on any atom is 0.328 e. The number of nitrogens with zero attached hydrogens (tertiary/aromatic N) is 1. The van der Waals surface area contributed by atoms with E-state index >= 15 is 0 Å². The minimum atomic E-state index is -0.921. The van der Waals surface area contributed by atoms with Gasteiger partial charge >= 0.3 is 5.97 Å². The van der Waals surface area contributed by atoms with Gasteiger partial charge in [0.15, 0.2) is 0 Å². The molecular weight excluding hydrogens is 448 g/mol. The number of amides is 1. The molecule has 0 saturated carbocycles. The monoisotopic (exact) mass is 478 g/mol. The topological polar surface area (TPSA) is 96.0 Å². The molecule has 0 spiro atoms. The molecule has 0 radical (unpaired) electrons. The van der Waals surface area contributed by atoms with E-state index in [1.54, 1.807) is 21.1 Å². The van der Waals surface area contributed by atoms with E-state index < -0.39 is 17.6 Å². The zero-order chi connectivity index (χ0) is 25.0. The first kappa shape index (κ1) is 24.5. The molecule has 0 bridgehead atoms. The summed E-state index contributed by atoms with van der Waals surface area (Å²) in [6.45, 7) is 2.28. The molecule has 0 unspecified atom stereocenters. The van der Waals surface area contributed by atoms with Crippen LogP contribution in [0.5, 0.6) is 11.5 Å². The third-order valence-corrected chi connectivity index (χ3v) is 6.37. The molecule has 1 aliphatic heterocycles. The molecule has 1 saturated heterocycles. The number of hydrogen-bond donors (Lipinski definition) is 1. The highest BCUT2D eigenvalue weighted by molar-refractivity contribution is 5.90. The Balaban J connectivity index is 1.60. The molecule has 2 heterocycles. The van der Waals surface area contributed by atoms with E-state index in [0.29, 0.717) is 24.5 Å². The smallest absolute Gasteiger partial charge is 0.328 e. The Kier molecular flexibility index (Phi) is 7.21. The minimum Gasteiger partial charge on any atom is -0.496 e. The number of aromatic nitrogens is 1. The molecular formula is C27H30N2O6. The van der Waals surface area contributed by atoms with Gasteiger partial charge < -0.3 is 24.3 Å². The van der Waals surface area contributed by atoms with Crippen LogP contribution in [0.25, 0.3) is 22.2 Å². The Hall–Kier alpha value is -3.65.